The summed E-state index contributed by atoms with van der Waals surface area (Å²) < 4.78 is 6.05. The van der Waals surface area contributed by atoms with Gasteiger partial charge in [-0.05, 0) is 44.6 Å². The summed E-state index contributed by atoms with van der Waals surface area (Å²) in [6.45, 7) is 6.20. The van der Waals surface area contributed by atoms with E-state index in [-0.39, 0.29) is 0 Å². The molecule has 4 heteroatoms. The maximum Gasteiger partial charge on any atom is 0.232 e. The van der Waals surface area contributed by atoms with Crippen molar-refractivity contribution in [3.05, 3.63) is 18.1 Å². The molecule has 0 aromatic carbocycles. The Morgan fingerprint density at radius 2 is 2.05 bits per heavy atom. The van der Waals surface area contributed by atoms with E-state index in [1.807, 2.05) is 6.20 Å². The van der Waals surface area contributed by atoms with Crippen molar-refractivity contribution in [2.24, 2.45) is 5.92 Å². The SMILES string of the molecule is CCCNCc1cnc(OC2CCCCC2CC)cn1. The predicted octanol–water partition coefficient (Wildman–Crippen LogP) is 3.32. The van der Waals surface area contributed by atoms with Crippen molar-refractivity contribution in [3.63, 3.8) is 0 Å². The second-order valence-corrected chi connectivity index (χ2v) is 5.63. The predicted molar refractivity (Wildman–Crippen MR) is 80.7 cm³/mol. The Bertz CT molecular complexity index is 380. The van der Waals surface area contributed by atoms with E-state index in [1.165, 1.54) is 25.7 Å². The van der Waals surface area contributed by atoms with Gasteiger partial charge >= 0.3 is 0 Å². The molecule has 1 aliphatic carbocycles. The molecular formula is C16H27N3O. The van der Waals surface area contributed by atoms with Gasteiger partial charge in [-0.15, -0.1) is 0 Å². The largest absolute Gasteiger partial charge is 0.473 e. The van der Waals surface area contributed by atoms with Crippen LogP contribution in [-0.4, -0.2) is 22.6 Å². The number of nitrogens with one attached hydrogen (secondary N) is 1. The molecule has 0 amide bonds. The van der Waals surface area contributed by atoms with Crippen molar-refractivity contribution < 1.29 is 4.74 Å². The quantitative estimate of drug-likeness (QED) is 0.777. The number of aromatic nitrogens is 2. The molecule has 1 aromatic heterocycles. The molecule has 112 valence electrons. The molecule has 1 fully saturated rings. The summed E-state index contributed by atoms with van der Waals surface area (Å²) in [4.78, 5) is 8.81. The molecule has 0 bridgehead atoms. The lowest BCUT2D eigenvalue weighted by atomic mass is 9.85. The zero-order valence-corrected chi connectivity index (χ0v) is 12.8. The summed E-state index contributed by atoms with van der Waals surface area (Å²) in [6.07, 6.45) is 11.3. The van der Waals surface area contributed by atoms with Crippen LogP contribution in [0.2, 0.25) is 0 Å². The lowest BCUT2D eigenvalue weighted by Gasteiger charge is -2.30. The van der Waals surface area contributed by atoms with Gasteiger partial charge in [0.05, 0.1) is 18.1 Å². The van der Waals surface area contributed by atoms with Crippen LogP contribution in [0.15, 0.2) is 12.4 Å². The van der Waals surface area contributed by atoms with Crippen molar-refractivity contribution in [2.45, 2.75) is 65.0 Å². The molecule has 2 unspecified atom stereocenters. The zero-order valence-electron chi connectivity index (χ0n) is 12.8. The van der Waals surface area contributed by atoms with Gasteiger partial charge in [0, 0.05) is 6.54 Å². The van der Waals surface area contributed by atoms with Gasteiger partial charge < -0.3 is 10.1 Å². The topological polar surface area (TPSA) is 47.0 Å². The van der Waals surface area contributed by atoms with Crippen molar-refractivity contribution in [1.82, 2.24) is 15.3 Å². The highest BCUT2D eigenvalue weighted by atomic mass is 16.5. The van der Waals surface area contributed by atoms with E-state index in [9.17, 15) is 0 Å². The van der Waals surface area contributed by atoms with Crippen LogP contribution in [-0.2, 0) is 6.54 Å². The first kappa shape index (κ1) is 15.2. The van der Waals surface area contributed by atoms with Crippen molar-refractivity contribution in [3.8, 4) is 5.88 Å². The molecule has 2 atom stereocenters. The van der Waals surface area contributed by atoms with Crippen LogP contribution in [0.5, 0.6) is 5.88 Å². The molecule has 1 heterocycles. The fraction of sp³-hybridized carbons (Fsp3) is 0.750. The highest BCUT2D eigenvalue weighted by molar-refractivity contribution is 5.08. The van der Waals surface area contributed by atoms with Crippen molar-refractivity contribution >= 4 is 0 Å². The molecule has 20 heavy (non-hydrogen) atoms. The maximum atomic E-state index is 6.05. The summed E-state index contributed by atoms with van der Waals surface area (Å²) in [7, 11) is 0. The minimum atomic E-state index is 0.326. The van der Waals surface area contributed by atoms with Gasteiger partial charge in [0.2, 0.25) is 5.88 Å². The average Bonchev–Trinajstić information content (AvgIpc) is 2.50. The van der Waals surface area contributed by atoms with Gasteiger partial charge in [-0.2, -0.15) is 0 Å². The Morgan fingerprint density at radius 1 is 1.20 bits per heavy atom. The van der Waals surface area contributed by atoms with Crippen LogP contribution < -0.4 is 10.1 Å². The smallest absolute Gasteiger partial charge is 0.232 e. The lowest BCUT2D eigenvalue weighted by molar-refractivity contribution is 0.0853. The Labute approximate surface area is 122 Å². The number of rotatable bonds is 7. The minimum Gasteiger partial charge on any atom is -0.473 e. The molecule has 0 radical (unpaired) electrons. The van der Waals surface area contributed by atoms with E-state index >= 15 is 0 Å². The van der Waals surface area contributed by atoms with E-state index < -0.39 is 0 Å². The van der Waals surface area contributed by atoms with Gasteiger partial charge in [0.1, 0.15) is 6.10 Å². The van der Waals surface area contributed by atoms with Gasteiger partial charge in [0.15, 0.2) is 0 Å². The first-order chi connectivity index (χ1) is 9.83. The average molecular weight is 277 g/mol. The summed E-state index contributed by atoms with van der Waals surface area (Å²) in [6, 6.07) is 0. The Balaban J connectivity index is 1.86. The van der Waals surface area contributed by atoms with Gasteiger partial charge in [-0.25, -0.2) is 4.98 Å². The highest BCUT2D eigenvalue weighted by Crippen LogP contribution is 2.29. The normalized spacial score (nSPS) is 22.7. The third-order valence-electron chi connectivity index (χ3n) is 4.05. The second kappa shape index (κ2) is 8.20. The fourth-order valence-electron chi connectivity index (χ4n) is 2.84. The summed E-state index contributed by atoms with van der Waals surface area (Å²) in [5, 5.41) is 3.33. The van der Waals surface area contributed by atoms with Crippen LogP contribution in [0.1, 0.15) is 58.1 Å². The van der Waals surface area contributed by atoms with E-state index in [0.29, 0.717) is 17.9 Å². The number of hydrogen-bond acceptors (Lipinski definition) is 4. The van der Waals surface area contributed by atoms with Crippen LogP contribution >= 0.6 is 0 Å². The summed E-state index contributed by atoms with van der Waals surface area (Å²) in [5.74, 6) is 1.35. The van der Waals surface area contributed by atoms with E-state index in [0.717, 1.165) is 31.6 Å². The Kier molecular flexibility index (Phi) is 6.25. The standard InChI is InChI=1S/C16H27N3O/c1-3-9-17-10-14-11-19-16(12-18-14)20-15-8-6-5-7-13(15)4-2/h11-13,15,17H,3-10H2,1-2H3. The third-order valence-corrected chi connectivity index (χ3v) is 4.05. The van der Waals surface area contributed by atoms with E-state index in [1.54, 1.807) is 6.20 Å². The van der Waals surface area contributed by atoms with Crippen LogP contribution in [0, 0.1) is 5.92 Å². The minimum absolute atomic E-state index is 0.326. The van der Waals surface area contributed by atoms with Crippen molar-refractivity contribution in [2.75, 3.05) is 6.54 Å². The molecular weight excluding hydrogens is 250 g/mol. The molecule has 1 saturated carbocycles. The Morgan fingerprint density at radius 3 is 2.75 bits per heavy atom. The third kappa shape index (κ3) is 4.44. The fourth-order valence-corrected chi connectivity index (χ4v) is 2.84. The maximum absolute atomic E-state index is 6.05. The lowest BCUT2D eigenvalue weighted by Crippen LogP contribution is -2.30. The molecule has 1 aliphatic rings. The van der Waals surface area contributed by atoms with Gasteiger partial charge in [-0.3, -0.25) is 4.98 Å². The van der Waals surface area contributed by atoms with Gasteiger partial charge in [0.25, 0.3) is 0 Å². The number of hydrogen-bond donors (Lipinski definition) is 1. The number of ether oxygens (including phenoxy) is 1. The molecule has 0 spiro atoms. The summed E-state index contributed by atoms with van der Waals surface area (Å²) in [5.41, 5.74) is 0.974. The summed E-state index contributed by atoms with van der Waals surface area (Å²) >= 11 is 0. The van der Waals surface area contributed by atoms with E-state index in [4.69, 9.17) is 4.74 Å². The first-order valence-electron chi connectivity index (χ1n) is 8.01. The second-order valence-electron chi connectivity index (χ2n) is 5.63. The number of nitrogens with zero attached hydrogens (tertiary/aromatic N) is 2. The van der Waals surface area contributed by atoms with Crippen LogP contribution in [0.3, 0.4) is 0 Å². The zero-order chi connectivity index (χ0) is 14.2. The Hall–Kier alpha value is -1.16. The molecule has 1 aromatic rings. The van der Waals surface area contributed by atoms with Crippen LogP contribution in [0.25, 0.3) is 0 Å². The molecule has 1 N–H and O–H groups in total. The van der Waals surface area contributed by atoms with Crippen molar-refractivity contribution in [1.29, 1.82) is 0 Å². The highest BCUT2D eigenvalue weighted by Gasteiger charge is 2.25. The molecule has 0 saturated heterocycles. The molecule has 0 aliphatic heterocycles. The monoisotopic (exact) mass is 277 g/mol. The van der Waals surface area contributed by atoms with E-state index in [2.05, 4.69) is 29.1 Å². The molecule has 4 nitrogen and oxygen atoms in total. The van der Waals surface area contributed by atoms with Crippen LogP contribution in [0.4, 0.5) is 0 Å². The first-order valence-corrected chi connectivity index (χ1v) is 8.01. The molecule has 2 rings (SSSR count). The van der Waals surface area contributed by atoms with Gasteiger partial charge in [-0.1, -0.05) is 20.3 Å².